The van der Waals surface area contributed by atoms with Crippen LogP contribution >= 0.6 is 34.7 Å². The van der Waals surface area contributed by atoms with Gasteiger partial charge < -0.3 is 9.73 Å². The molecule has 37 heavy (non-hydrogen) atoms. The standard InChI is InChI=1S/C28H27ClN4O2S2/c1-28(2,3)17-5-11-21-22(15-17)36-26(24(21)25(34)33-19-8-6-18(29)7-9-19)32-16-20-10-12-23(35-20)37-27-30-13-4-14-31-27/h4,6-10,12-14,16-17H,5,11,15H2,1-3H3,(H,33,34)/t17-/m1/s1. The van der Waals surface area contributed by atoms with E-state index >= 15 is 0 Å². The number of hydrogen-bond donors (Lipinski definition) is 1. The van der Waals surface area contributed by atoms with E-state index in [4.69, 9.17) is 21.0 Å². The van der Waals surface area contributed by atoms with Crippen LogP contribution in [0.15, 0.2) is 74.5 Å². The summed E-state index contributed by atoms with van der Waals surface area (Å²) in [6.45, 7) is 6.86. The topological polar surface area (TPSA) is 80.4 Å². The van der Waals surface area contributed by atoms with Crippen LogP contribution in [-0.4, -0.2) is 22.1 Å². The lowest BCUT2D eigenvalue weighted by Crippen LogP contribution is -2.27. The Balaban J connectivity index is 1.42. The van der Waals surface area contributed by atoms with Crippen molar-refractivity contribution in [3.63, 3.8) is 0 Å². The van der Waals surface area contributed by atoms with E-state index in [0.717, 1.165) is 24.8 Å². The number of nitrogens with one attached hydrogen (secondary N) is 1. The third kappa shape index (κ3) is 6.14. The van der Waals surface area contributed by atoms with Gasteiger partial charge in [0.25, 0.3) is 5.91 Å². The number of carbonyl (C=O) groups excluding carboxylic acids is 1. The molecule has 1 atom stereocenters. The van der Waals surface area contributed by atoms with Crippen molar-refractivity contribution < 1.29 is 9.21 Å². The number of benzene rings is 1. The summed E-state index contributed by atoms with van der Waals surface area (Å²) in [5, 5.41) is 5.63. The van der Waals surface area contributed by atoms with Crippen LogP contribution in [0.1, 0.15) is 53.8 Å². The first kappa shape index (κ1) is 25.7. The van der Waals surface area contributed by atoms with Gasteiger partial charge in [0.2, 0.25) is 0 Å². The SMILES string of the molecule is CC(C)(C)[C@@H]1CCc2c(sc(N=Cc3ccc(Sc4ncccn4)o3)c2C(=O)Nc2ccc(Cl)cc2)C1. The Kier molecular flexibility index (Phi) is 7.51. The number of furan rings is 1. The van der Waals surface area contributed by atoms with Crippen molar-refractivity contribution >= 4 is 57.5 Å². The predicted octanol–water partition coefficient (Wildman–Crippen LogP) is 8.09. The first-order valence-electron chi connectivity index (χ1n) is 12.1. The van der Waals surface area contributed by atoms with Crippen molar-refractivity contribution in [3.05, 3.63) is 81.6 Å². The Labute approximate surface area is 229 Å². The van der Waals surface area contributed by atoms with E-state index in [1.165, 1.54) is 16.6 Å². The number of fused-ring (bicyclic) bond motifs is 1. The average Bonchev–Trinajstić information content (AvgIpc) is 3.47. The molecule has 190 valence electrons. The molecule has 0 aliphatic heterocycles. The fourth-order valence-corrected chi connectivity index (χ4v) is 6.45. The lowest BCUT2D eigenvalue weighted by Gasteiger charge is -2.33. The van der Waals surface area contributed by atoms with Crippen molar-refractivity contribution in [1.29, 1.82) is 0 Å². The van der Waals surface area contributed by atoms with E-state index in [1.54, 1.807) is 60.3 Å². The van der Waals surface area contributed by atoms with E-state index in [2.05, 4.69) is 36.1 Å². The molecule has 0 fully saturated rings. The van der Waals surface area contributed by atoms with Gasteiger partial charge in [-0.25, -0.2) is 15.0 Å². The summed E-state index contributed by atoms with van der Waals surface area (Å²) < 4.78 is 5.91. The summed E-state index contributed by atoms with van der Waals surface area (Å²) in [6.07, 6.45) is 7.94. The highest BCUT2D eigenvalue weighted by molar-refractivity contribution is 7.99. The van der Waals surface area contributed by atoms with Crippen molar-refractivity contribution in [2.45, 2.75) is 50.3 Å². The van der Waals surface area contributed by atoms with Crippen molar-refractivity contribution in [1.82, 2.24) is 9.97 Å². The van der Waals surface area contributed by atoms with Gasteiger partial charge in [0, 0.05) is 28.0 Å². The molecule has 0 bridgehead atoms. The molecule has 3 aromatic heterocycles. The molecular formula is C28H27ClN4O2S2. The molecular weight excluding hydrogens is 524 g/mol. The predicted molar refractivity (Wildman–Crippen MR) is 151 cm³/mol. The fourth-order valence-electron chi connectivity index (χ4n) is 4.37. The van der Waals surface area contributed by atoms with Gasteiger partial charge in [-0.05, 0) is 90.4 Å². The van der Waals surface area contributed by atoms with E-state index in [0.29, 0.717) is 43.2 Å². The first-order chi connectivity index (χ1) is 17.8. The maximum Gasteiger partial charge on any atom is 0.259 e. The quantitative estimate of drug-likeness (QED) is 0.194. The van der Waals surface area contributed by atoms with Crippen LogP contribution in [0, 0.1) is 11.3 Å². The van der Waals surface area contributed by atoms with E-state index in [-0.39, 0.29) is 11.3 Å². The number of rotatable bonds is 6. The van der Waals surface area contributed by atoms with Crippen LogP contribution in [-0.2, 0) is 12.8 Å². The number of halogens is 1. The van der Waals surface area contributed by atoms with Crippen LogP contribution in [0.5, 0.6) is 0 Å². The van der Waals surface area contributed by atoms with Crippen LogP contribution in [0.4, 0.5) is 10.7 Å². The monoisotopic (exact) mass is 550 g/mol. The largest absolute Gasteiger partial charge is 0.448 e. The second kappa shape index (κ2) is 10.8. The van der Waals surface area contributed by atoms with Gasteiger partial charge in [-0.2, -0.15) is 0 Å². The summed E-state index contributed by atoms with van der Waals surface area (Å²) in [7, 11) is 0. The second-order valence-electron chi connectivity index (χ2n) is 10.00. The molecule has 0 saturated carbocycles. The van der Waals surface area contributed by atoms with Gasteiger partial charge in [0.1, 0.15) is 10.8 Å². The Morgan fingerprint density at radius 3 is 2.68 bits per heavy atom. The van der Waals surface area contributed by atoms with Crippen molar-refractivity contribution in [2.75, 3.05) is 5.32 Å². The van der Waals surface area contributed by atoms with Crippen molar-refractivity contribution in [2.24, 2.45) is 16.3 Å². The Morgan fingerprint density at radius 2 is 1.95 bits per heavy atom. The number of carbonyl (C=O) groups is 1. The number of hydrogen-bond acceptors (Lipinski definition) is 7. The van der Waals surface area contributed by atoms with Gasteiger partial charge in [0.15, 0.2) is 10.2 Å². The number of nitrogens with zero attached hydrogens (tertiary/aromatic N) is 3. The summed E-state index contributed by atoms with van der Waals surface area (Å²) in [4.78, 5) is 27.9. The molecule has 1 N–H and O–H groups in total. The van der Waals surface area contributed by atoms with E-state index < -0.39 is 0 Å². The minimum atomic E-state index is -0.155. The third-order valence-electron chi connectivity index (χ3n) is 6.45. The lowest BCUT2D eigenvalue weighted by molar-refractivity contribution is 0.102. The molecule has 9 heteroatoms. The van der Waals surface area contributed by atoms with Crippen LogP contribution in [0.3, 0.4) is 0 Å². The van der Waals surface area contributed by atoms with Crippen LogP contribution in [0.2, 0.25) is 5.02 Å². The molecule has 5 rings (SSSR count). The minimum Gasteiger partial charge on any atom is -0.448 e. The second-order valence-corrected chi connectivity index (χ2v) is 12.5. The number of aromatic nitrogens is 2. The smallest absolute Gasteiger partial charge is 0.259 e. The molecule has 6 nitrogen and oxygen atoms in total. The van der Waals surface area contributed by atoms with Gasteiger partial charge in [-0.3, -0.25) is 4.79 Å². The number of aliphatic imine (C=N–C) groups is 1. The van der Waals surface area contributed by atoms with E-state index in [9.17, 15) is 4.79 Å². The Bertz CT molecular complexity index is 1420. The third-order valence-corrected chi connectivity index (χ3v) is 8.67. The van der Waals surface area contributed by atoms with Gasteiger partial charge in [-0.1, -0.05) is 32.4 Å². The Morgan fingerprint density at radius 1 is 1.19 bits per heavy atom. The zero-order chi connectivity index (χ0) is 26.0. The molecule has 3 heterocycles. The highest BCUT2D eigenvalue weighted by Gasteiger charge is 2.33. The van der Waals surface area contributed by atoms with Gasteiger partial charge in [-0.15, -0.1) is 11.3 Å². The lowest BCUT2D eigenvalue weighted by atomic mass is 9.72. The van der Waals surface area contributed by atoms with Crippen molar-refractivity contribution in [3.8, 4) is 0 Å². The fraction of sp³-hybridized carbons (Fsp3) is 0.286. The molecule has 0 radical (unpaired) electrons. The van der Waals surface area contributed by atoms with Gasteiger partial charge in [0.05, 0.1) is 11.8 Å². The normalized spacial score (nSPS) is 15.6. The number of thiophene rings is 1. The first-order valence-corrected chi connectivity index (χ1v) is 14.1. The molecule has 4 aromatic rings. The highest BCUT2D eigenvalue weighted by atomic mass is 35.5. The molecule has 1 aliphatic carbocycles. The number of amides is 1. The Hall–Kier alpha value is -2.94. The highest BCUT2D eigenvalue weighted by Crippen LogP contribution is 2.45. The number of anilines is 1. The minimum absolute atomic E-state index is 0.155. The molecule has 1 amide bonds. The molecule has 0 saturated heterocycles. The maximum atomic E-state index is 13.5. The summed E-state index contributed by atoms with van der Waals surface area (Å²) >= 11 is 8.97. The van der Waals surface area contributed by atoms with Crippen LogP contribution in [0.25, 0.3) is 0 Å². The molecule has 0 spiro atoms. The molecule has 1 aliphatic rings. The zero-order valence-corrected chi connectivity index (χ0v) is 23.2. The zero-order valence-electron chi connectivity index (χ0n) is 20.8. The molecule has 1 aromatic carbocycles. The summed E-state index contributed by atoms with van der Waals surface area (Å²) in [5.74, 6) is 1.01. The van der Waals surface area contributed by atoms with Gasteiger partial charge >= 0.3 is 0 Å². The summed E-state index contributed by atoms with van der Waals surface area (Å²) in [5.41, 5.74) is 2.67. The summed E-state index contributed by atoms with van der Waals surface area (Å²) in [6, 6.07) is 12.6. The average molecular weight is 551 g/mol. The maximum absolute atomic E-state index is 13.5. The van der Waals surface area contributed by atoms with Crippen LogP contribution < -0.4 is 5.32 Å². The van der Waals surface area contributed by atoms with E-state index in [1.807, 2.05) is 12.1 Å². The molecule has 0 unspecified atom stereocenters.